The number of carbonyl (C=O) groups excluding carboxylic acids is 1. The molecule has 1 amide bonds. The molecule has 1 aliphatic heterocycles. The number of aliphatic carboxylic acids is 1. The van der Waals surface area contributed by atoms with Gasteiger partial charge in [0.25, 0.3) is 5.91 Å². The fourth-order valence-electron chi connectivity index (χ4n) is 3.05. The van der Waals surface area contributed by atoms with E-state index in [9.17, 15) is 9.59 Å². The molecule has 1 fully saturated rings. The zero-order valence-corrected chi connectivity index (χ0v) is 13.9. The molecule has 1 N–H and O–H groups in total. The Morgan fingerprint density at radius 3 is 2.56 bits per heavy atom. The summed E-state index contributed by atoms with van der Waals surface area (Å²) in [4.78, 5) is 25.2. The first-order chi connectivity index (χ1) is 12.1. The van der Waals surface area contributed by atoms with E-state index in [0.29, 0.717) is 37.3 Å². The Labute approximate surface area is 146 Å². The lowest BCUT2D eigenvalue weighted by Crippen LogP contribution is -2.39. The van der Waals surface area contributed by atoms with Gasteiger partial charge in [-0.05, 0) is 37.0 Å². The van der Waals surface area contributed by atoms with Crippen molar-refractivity contribution in [2.75, 3.05) is 13.1 Å². The van der Waals surface area contributed by atoms with Crippen LogP contribution in [0.15, 0.2) is 47.1 Å². The highest BCUT2D eigenvalue weighted by atomic mass is 16.5. The lowest BCUT2D eigenvalue weighted by molar-refractivity contribution is -0.138. The van der Waals surface area contributed by atoms with E-state index in [2.05, 4.69) is 0 Å². The van der Waals surface area contributed by atoms with Gasteiger partial charge in [-0.15, -0.1) is 0 Å². The smallest absolute Gasteiger partial charge is 0.303 e. The van der Waals surface area contributed by atoms with E-state index in [1.54, 1.807) is 11.0 Å². The van der Waals surface area contributed by atoms with Crippen molar-refractivity contribution in [2.45, 2.75) is 25.9 Å². The molecule has 1 saturated heterocycles. The van der Waals surface area contributed by atoms with Crippen LogP contribution in [0.3, 0.4) is 0 Å². The van der Waals surface area contributed by atoms with E-state index in [4.69, 9.17) is 14.3 Å². The van der Waals surface area contributed by atoms with E-state index in [-0.39, 0.29) is 24.9 Å². The zero-order valence-electron chi connectivity index (χ0n) is 13.9. The second-order valence-electron chi connectivity index (χ2n) is 6.21. The normalized spacial score (nSPS) is 15.1. The molecule has 0 spiro atoms. The molecule has 25 heavy (non-hydrogen) atoms. The van der Waals surface area contributed by atoms with E-state index < -0.39 is 5.97 Å². The van der Waals surface area contributed by atoms with Gasteiger partial charge in [-0.2, -0.15) is 0 Å². The lowest BCUT2D eigenvalue weighted by Gasteiger charge is -2.31. The molecule has 0 aliphatic carbocycles. The average Bonchev–Trinajstić information content (AvgIpc) is 3.09. The molecule has 1 aromatic heterocycles. The van der Waals surface area contributed by atoms with Gasteiger partial charge < -0.3 is 19.2 Å². The van der Waals surface area contributed by atoms with Crippen LogP contribution in [0.4, 0.5) is 0 Å². The van der Waals surface area contributed by atoms with Crippen molar-refractivity contribution in [1.82, 2.24) is 4.90 Å². The first-order valence-electron chi connectivity index (χ1n) is 8.39. The summed E-state index contributed by atoms with van der Waals surface area (Å²) in [7, 11) is 0. The highest BCUT2D eigenvalue weighted by molar-refractivity contribution is 5.93. The van der Waals surface area contributed by atoms with Gasteiger partial charge in [0, 0.05) is 25.1 Å². The van der Waals surface area contributed by atoms with Gasteiger partial charge in [-0.1, -0.05) is 18.2 Å². The number of ether oxygens (including phenoxy) is 1. The molecule has 1 aliphatic rings. The Balaban J connectivity index is 1.58. The van der Waals surface area contributed by atoms with Crippen molar-refractivity contribution in [3.63, 3.8) is 0 Å². The third-order valence-corrected chi connectivity index (χ3v) is 4.44. The lowest BCUT2D eigenvalue weighted by atomic mass is 9.93. The topological polar surface area (TPSA) is 80.0 Å². The van der Waals surface area contributed by atoms with Gasteiger partial charge in [-0.3, -0.25) is 9.59 Å². The van der Waals surface area contributed by atoms with E-state index in [1.165, 1.54) is 6.26 Å². The number of furan rings is 1. The number of likely N-dealkylation sites (tertiary alicyclic amines) is 1. The van der Waals surface area contributed by atoms with E-state index >= 15 is 0 Å². The quantitative estimate of drug-likeness (QED) is 0.871. The zero-order chi connectivity index (χ0) is 17.6. The Bertz CT molecular complexity index is 716. The first-order valence-corrected chi connectivity index (χ1v) is 8.39. The number of para-hydroxylation sites is 1. The van der Waals surface area contributed by atoms with Crippen LogP contribution in [0.1, 0.15) is 35.4 Å². The van der Waals surface area contributed by atoms with Crippen LogP contribution in [-0.2, 0) is 11.4 Å². The Kier molecular flexibility index (Phi) is 5.38. The number of hydrogen-bond donors (Lipinski definition) is 1. The van der Waals surface area contributed by atoms with Crippen molar-refractivity contribution in [2.24, 2.45) is 5.92 Å². The van der Waals surface area contributed by atoms with Gasteiger partial charge in [0.2, 0.25) is 0 Å². The summed E-state index contributed by atoms with van der Waals surface area (Å²) in [6.45, 7) is 1.37. The van der Waals surface area contributed by atoms with Gasteiger partial charge in [0.05, 0.1) is 6.26 Å². The van der Waals surface area contributed by atoms with E-state index in [1.807, 2.05) is 30.3 Å². The molecule has 1 aromatic carbocycles. The van der Waals surface area contributed by atoms with Crippen LogP contribution in [0.25, 0.3) is 0 Å². The fourth-order valence-corrected chi connectivity index (χ4v) is 3.05. The maximum Gasteiger partial charge on any atom is 0.303 e. The third kappa shape index (κ3) is 4.41. The summed E-state index contributed by atoms with van der Waals surface area (Å²) in [5.41, 5.74) is 0.710. The summed E-state index contributed by atoms with van der Waals surface area (Å²) < 4.78 is 11.1. The van der Waals surface area contributed by atoms with Crippen LogP contribution in [0, 0.1) is 5.92 Å². The molecular formula is C19H21NO5. The summed E-state index contributed by atoms with van der Waals surface area (Å²) in [5.74, 6) is 0.227. The van der Waals surface area contributed by atoms with Crippen molar-refractivity contribution < 1.29 is 23.8 Å². The number of hydrogen-bond acceptors (Lipinski definition) is 4. The van der Waals surface area contributed by atoms with Gasteiger partial charge in [-0.25, -0.2) is 0 Å². The SMILES string of the molecule is O=C(O)CC1CCN(C(=O)c2occc2COc2ccccc2)CC1. The maximum atomic E-state index is 12.7. The number of carboxylic acid groups (broad SMARTS) is 1. The summed E-state index contributed by atoms with van der Waals surface area (Å²) in [6, 6.07) is 11.1. The predicted octanol–water partition coefficient (Wildman–Crippen LogP) is 3.19. The summed E-state index contributed by atoms with van der Waals surface area (Å²) >= 11 is 0. The minimum Gasteiger partial charge on any atom is -0.489 e. The molecule has 0 saturated carbocycles. The van der Waals surface area contributed by atoms with Crippen LogP contribution >= 0.6 is 0 Å². The van der Waals surface area contributed by atoms with Gasteiger partial charge in [0.15, 0.2) is 5.76 Å². The number of carbonyl (C=O) groups is 2. The molecule has 0 unspecified atom stereocenters. The largest absolute Gasteiger partial charge is 0.489 e. The predicted molar refractivity (Wildman–Crippen MR) is 90.4 cm³/mol. The summed E-state index contributed by atoms with van der Waals surface area (Å²) in [6.07, 6.45) is 3.07. The number of piperidine rings is 1. The third-order valence-electron chi connectivity index (χ3n) is 4.44. The van der Waals surface area contributed by atoms with Crippen molar-refractivity contribution in [1.29, 1.82) is 0 Å². The average molecular weight is 343 g/mol. The summed E-state index contributed by atoms with van der Waals surface area (Å²) in [5, 5.41) is 8.87. The molecule has 6 nitrogen and oxygen atoms in total. The van der Waals surface area contributed by atoms with Crippen molar-refractivity contribution in [3.8, 4) is 5.75 Å². The van der Waals surface area contributed by atoms with E-state index in [0.717, 1.165) is 5.75 Å². The fraction of sp³-hybridized carbons (Fsp3) is 0.368. The Hall–Kier alpha value is -2.76. The highest BCUT2D eigenvalue weighted by Gasteiger charge is 2.28. The molecule has 0 bridgehead atoms. The number of nitrogens with zero attached hydrogens (tertiary/aromatic N) is 1. The molecule has 0 atom stereocenters. The van der Waals surface area contributed by atoms with Crippen LogP contribution in [0.2, 0.25) is 0 Å². The Morgan fingerprint density at radius 2 is 1.88 bits per heavy atom. The number of carboxylic acids is 1. The molecule has 132 valence electrons. The standard InChI is InChI=1S/C19H21NO5/c21-17(22)12-14-6-9-20(10-7-14)19(23)18-15(8-11-24-18)13-25-16-4-2-1-3-5-16/h1-5,8,11,14H,6-7,9-10,12-13H2,(H,21,22). The van der Waals surface area contributed by atoms with Crippen LogP contribution in [-0.4, -0.2) is 35.0 Å². The monoisotopic (exact) mass is 343 g/mol. The second-order valence-corrected chi connectivity index (χ2v) is 6.21. The van der Waals surface area contributed by atoms with Gasteiger partial charge >= 0.3 is 5.97 Å². The molecule has 3 rings (SSSR count). The molecule has 2 heterocycles. The second kappa shape index (κ2) is 7.88. The van der Waals surface area contributed by atoms with Gasteiger partial charge in [0.1, 0.15) is 12.4 Å². The van der Waals surface area contributed by atoms with Crippen LogP contribution < -0.4 is 4.74 Å². The minimum absolute atomic E-state index is 0.138. The minimum atomic E-state index is -0.781. The maximum absolute atomic E-state index is 12.7. The van der Waals surface area contributed by atoms with Crippen molar-refractivity contribution in [3.05, 3.63) is 54.0 Å². The number of benzene rings is 1. The molecule has 0 radical (unpaired) electrons. The molecule has 2 aromatic rings. The first kappa shape index (κ1) is 17.1. The number of amides is 1. The van der Waals surface area contributed by atoms with Crippen LogP contribution in [0.5, 0.6) is 5.75 Å². The van der Waals surface area contributed by atoms with Crippen molar-refractivity contribution >= 4 is 11.9 Å². The number of rotatable bonds is 6. The highest BCUT2D eigenvalue weighted by Crippen LogP contribution is 2.23. The Morgan fingerprint density at radius 1 is 1.16 bits per heavy atom. The molecular weight excluding hydrogens is 322 g/mol. The molecule has 6 heteroatoms.